The molecule has 3 nitrogen and oxygen atoms in total. The summed E-state index contributed by atoms with van der Waals surface area (Å²) in [6, 6.07) is 0. The van der Waals surface area contributed by atoms with Crippen molar-refractivity contribution in [1.29, 1.82) is 0 Å². The fraction of sp³-hybridized carbons (Fsp3) is 0.700. The highest BCUT2D eigenvalue weighted by molar-refractivity contribution is 5.86. The van der Waals surface area contributed by atoms with Gasteiger partial charge in [-0.15, -0.1) is 0 Å². The Bertz CT molecular complexity index is 194. The molecule has 0 spiro atoms. The number of hydrogen-bond acceptors (Lipinski definition) is 2. The van der Waals surface area contributed by atoms with Crippen LogP contribution in [0.4, 0.5) is 0 Å². The molecule has 0 aliphatic carbocycles. The fourth-order valence-electron chi connectivity index (χ4n) is 1.18. The Kier molecular flexibility index (Phi) is 6.24. The van der Waals surface area contributed by atoms with Gasteiger partial charge in [-0.2, -0.15) is 0 Å². The number of aliphatic hydroxyl groups excluding tert-OH is 1. The monoisotopic (exact) mass is 186 g/mol. The first-order chi connectivity index (χ1) is 6.13. The Morgan fingerprint density at radius 3 is 2.31 bits per heavy atom. The Labute approximate surface area is 79.1 Å². The molecule has 0 heterocycles. The topological polar surface area (TPSA) is 57.5 Å². The molecule has 0 amide bonds. The average molecular weight is 186 g/mol. The number of carbonyl (C=O) groups is 1. The first-order valence-electron chi connectivity index (χ1n) is 4.66. The molecule has 0 aromatic carbocycles. The third-order valence-corrected chi connectivity index (χ3v) is 2.10. The zero-order valence-electron chi connectivity index (χ0n) is 8.34. The molecule has 0 saturated carbocycles. The maximum absolute atomic E-state index is 10.6. The molecule has 3 heteroatoms. The molecule has 0 aromatic rings. The van der Waals surface area contributed by atoms with Gasteiger partial charge < -0.3 is 10.2 Å². The van der Waals surface area contributed by atoms with Gasteiger partial charge >= 0.3 is 5.97 Å². The van der Waals surface area contributed by atoms with Crippen LogP contribution in [0.25, 0.3) is 0 Å². The van der Waals surface area contributed by atoms with Gasteiger partial charge in [-0.3, -0.25) is 0 Å². The van der Waals surface area contributed by atoms with E-state index in [-0.39, 0.29) is 6.61 Å². The van der Waals surface area contributed by atoms with Crippen LogP contribution < -0.4 is 0 Å². The van der Waals surface area contributed by atoms with E-state index in [9.17, 15) is 4.79 Å². The summed E-state index contributed by atoms with van der Waals surface area (Å²) in [6.07, 6.45) is 3.30. The van der Waals surface area contributed by atoms with Gasteiger partial charge in [0, 0.05) is 12.2 Å². The predicted molar refractivity (Wildman–Crippen MR) is 51.6 cm³/mol. The number of carboxylic acids is 1. The molecule has 0 rings (SSSR count). The minimum atomic E-state index is -0.875. The van der Waals surface area contributed by atoms with E-state index < -0.39 is 5.97 Å². The highest BCUT2D eigenvalue weighted by atomic mass is 16.4. The molecule has 2 N–H and O–H groups in total. The lowest BCUT2D eigenvalue weighted by molar-refractivity contribution is -0.132. The van der Waals surface area contributed by atoms with Crippen LogP contribution in [0, 0.1) is 0 Å². The van der Waals surface area contributed by atoms with E-state index in [4.69, 9.17) is 10.2 Å². The van der Waals surface area contributed by atoms with Gasteiger partial charge in [-0.25, -0.2) is 4.79 Å². The molecule has 0 aromatic heterocycles. The molecule has 0 bridgehead atoms. The first-order valence-corrected chi connectivity index (χ1v) is 4.66. The van der Waals surface area contributed by atoms with Crippen molar-refractivity contribution in [2.24, 2.45) is 0 Å². The van der Waals surface area contributed by atoms with Crippen molar-refractivity contribution in [2.45, 2.75) is 39.5 Å². The summed E-state index contributed by atoms with van der Waals surface area (Å²) in [5, 5.41) is 17.5. The largest absolute Gasteiger partial charge is 0.478 e. The normalized spacial score (nSPS) is 12.5. The van der Waals surface area contributed by atoms with E-state index in [0.717, 1.165) is 24.8 Å². The van der Waals surface area contributed by atoms with E-state index in [1.54, 1.807) is 6.92 Å². The van der Waals surface area contributed by atoms with Gasteiger partial charge in [0.2, 0.25) is 0 Å². The number of carboxylic acid groups (broad SMARTS) is 1. The lowest BCUT2D eigenvalue weighted by atomic mass is 10.0. The van der Waals surface area contributed by atoms with Crippen LogP contribution in [0.2, 0.25) is 0 Å². The van der Waals surface area contributed by atoms with E-state index in [0.29, 0.717) is 12.0 Å². The number of aliphatic hydroxyl groups is 1. The molecule has 0 unspecified atom stereocenters. The lowest BCUT2D eigenvalue weighted by Crippen LogP contribution is -2.03. The minimum Gasteiger partial charge on any atom is -0.478 e. The average Bonchev–Trinajstić information content (AvgIpc) is 2.11. The van der Waals surface area contributed by atoms with Crippen LogP contribution in [-0.2, 0) is 4.79 Å². The van der Waals surface area contributed by atoms with Crippen molar-refractivity contribution >= 4 is 5.97 Å². The highest BCUT2D eigenvalue weighted by Crippen LogP contribution is 2.16. The van der Waals surface area contributed by atoms with Crippen LogP contribution >= 0.6 is 0 Å². The number of rotatable bonds is 6. The molecule has 13 heavy (non-hydrogen) atoms. The summed E-state index contributed by atoms with van der Waals surface area (Å²) in [5.74, 6) is -0.875. The van der Waals surface area contributed by atoms with Gasteiger partial charge in [0.15, 0.2) is 0 Å². The Morgan fingerprint density at radius 1 is 1.31 bits per heavy atom. The van der Waals surface area contributed by atoms with Crippen molar-refractivity contribution in [3.8, 4) is 0 Å². The standard InChI is InChI=1S/C10H18O3/c1-3-4-5-9(6-7-11)8(2)10(12)13/h11H,3-7H2,1-2H3,(H,12,13). The van der Waals surface area contributed by atoms with E-state index in [1.807, 2.05) is 0 Å². The molecule has 0 aliphatic heterocycles. The van der Waals surface area contributed by atoms with Gasteiger partial charge in [0.25, 0.3) is 0 Å². The predicted octanol–water partition coefficient (Wildman–Crippen LogP) is 1.96. The molecular weight excluding hydrogens is 168 g/mol. The maximum atomic E-state index is 10.6. The quantitative estimate of drug-likeness (QED) is 0.623. The van der Waals surface area contributed by atoms with Crippen molar-refractivity contribution in [1.82, 2.24) is 0 Å². The third-order valence-electron chi connectivity index (χ3n) is 2.10. The van der Waals surface area contributed by atoms with E-state index in [1.165, 1.54) is 0 Å². The molecule has 76 valence electrons. The highest BCUT2D eigenvalue weighted by Gasteiger charge is 2.07. The molecular formula is C10H18O3. The van der Waals surface area contributed by atoms with E-state index >= 15 is 0 Å². The maximum Gasteiger partial charge on any atom is 0.331 e. The van der Waals surface area contributed by atoms with Gasteiger partial charge in [0.05, 0.1) is 0 Å². The molecule has 0 saturated heterocycles. The summed E-state index contributed by atoms with van der Waals surface area (Å²) in [5.41, 5.74) is 1.26. The second-order valence-electron chi connectivity index (χ2n) is 3.11. The lowest BCUT2D eigenvalue weighted by Gasteiger charge is -2.07. The molecule has 0 fully saturated rings. The summed E-state index contributed by atoms with van der Waals surface area (Å²) in [6.45, 7) is 3.69. The molecule has 0 aliphatic rings. The summed E-state index contributed by atoms with van der Waals surface area (Å²) < 4.78 is 0. The van der Waals surface area contributed by atoms with Gasteiger partial charge in [-0.1, -0.05) is 18.9 Å². The van der Waals surface area contributed by atoms with Crippen LogP contribution in [-0.4, -0.2) is 22.8 Å². The van der Waals surface area contributed by atoms with Crippen LogP contribution in [0.5, 0.6) is 0 Å². The first kappa shape index (κ1) is 12.2. The number of aliphatic carboxylic acids is 1. The fourth-order valence-corrected chi connectivity index (χ4v) is 1.18. The van der Waals surface area contributed by atoms with Crippen molar-refractivity contribution in [3.63, 3.8) is 0 Å². The van der Waals surface area contributed by atoms with Crippen LogP contribution in [0.1, 0.15) is 39.5 Å². The Hall–Kier alpha value is -0.830. The van der Waals surface area contributed by atoms with Crippen LogP contribution in [0.3, 0.4) is 0 Å². The zero-order chi connectivity index (χ0) is 10.3. The second kappa shape index (κ2) is 6.66. The van der Waals surface area contributed by atoms with Crippen molar-refractivity contribution in [2.75, 3.05) is 6.61 Å². The molecule has 0 atom stereocenters. The molecule has 0 radical (unpaired) electrons. The third kappa shape index (κ3) is 4.68. The number of hydrogen-bond donors (Lipinski definition) is 2. The summed E-state index contributed by atoms with van der Waals surface area (Å²) >= 11 is 0. The Morgan fingerprint density at radius 2 is 1.92 bits per heavy atom. The smallest absolute Gasteiger partial charge is 0.331 e. The van der Waals surface area contributed by atoms with Gasteiger partial charge in [-0.05, 0) is 26.2 Å². The van der Waals surface area contributed by atoms with E-state index in [2.05, 4.69) is 6.92 Å². The second-order valence-corrected chi connectivity index (χ2v) is 3.11. The summed E-state index contributed by atoms with van der Waals surface area (Å²) in [7, 11) is 0. The van der Waals surface area contributed by atoms with Crippen LogP contribution in [0.15, 0.2) is 11.1 Å². The SMILES string of the molecule is CCCCC(CCO)=C(C)C(=O)O. The van der Waals surface area contributed by atoms with Crippen molar-refractivity contribution < 1.29 is 15.0 Å². The van der Waals surface area contributed by atoms with Gasteiger partial charge in [0.1, 0.15) is 0 Å². The zero-order valence-corrected chi connectivity index (χ0v) is 8.34. The van der Waals surface area contributed by atoms with Crippen molar-refractivity contribution in [3.05, 3.63) is 11.1 Å². The Balaban J connectivity index is 4.37. The number of unbranched alkanes of at least 4 members (excludes halogenated alkanes) is 1. The summed E-state index contributed by atoms with van der Waals surface area (Å²) in [4.78, 5) is 10.6. The minimum absolute atomic E-state index is 0.0314.